The van der Waals surface area contributed by atoms with E-state index in [2.05, 4.69) is 54.8 Å². The lowest BCUT2D eigenvalue weighted by Gasteiger charge is -1.95. The Morgan fingerprint density at radius 2 is 1.75 bits per heavy atom. The van der Waals surface area contributed by atoms with Gasteiger partial charge in [-0.15, -0.1) is 0 Å². The number of H-pyrrole nitrogens is 2. The third-order valence-corrected chi connectivity index (χ3v) is 3.47. The number of hydrogen-bond acceptors (Lipinski definition) is 0. The van der Waals surface area contributed by atoms with Crippen LogP contribution in [0.15, 0.2) is 37.1 Å². The van der Waals surface area contributed by atoms with Crippen molar-refractivity contribution in [1.29, 1.82) is 0 Å². The van der Waals surface area contributed by atoms with Crippen molar-refractivity contribution in [2.24, 2.45) is 0 Å². The van der Waals surface area contributed by atoms with Crippen molar-refractivity contribution < 1.29 is 0 Å². The lowest BCUT2D eigenvalue weighted by Crippen LogP contribution is -1.74. The summed E-state index contributed by atoms with van der Waals surface area (Å²) in [5.41, 5.74) is 6.07. The van der Waals surface area contributed by atoms with Crippen LogP contribution in [0.25, 0.3) is 27.9 Å². The van der Waals surface area contributed by atoms with E-state index in [4.69, 9.17) is 0 Å². The van der Waals surface area contributed by atoms with Crippen molar-refractivity contribution in [3.63, 3.8) is 0 Å². The number of aromatic nitrogens is 2. The van der Waals surface area contributed by atoms with Crippen molar-refractivity contribution in [1.82, 2.24) is 9.97 Å². The van der Waals surface area contributed by atoms with E-state index in [1.54, 1.807) is 6.08 Å². The summed E-state index contributed by atoms with van der Waals surface area (Å²) in [6.07, 6.45) is 7.93. The van der Waals surface area contributed by atoms with E-state index < -0.39 is 0 Å². The van der Waals surface area contributed by atoms with Gasteiger partial charge in [-0.25, -0.2) is 0 Å². The van der Waals surface area contributed by atoms with E-state index in [9.17, 15) is 0 Å². The normalized spacial score (nSPS) is 11.0. The van der Waals surface area contributed by atoms with Gasteiger partial charge in [0.15, 0.2) is 0 Å². The van der Waals surface area contributed by atoms with Crippen LogP contribution in [0.4, 0.5) is 0 Å². The highest BCUT2D eigenvalue weighted by Crippen LogP contribution is 2.30. The lowest BCUT2D eigenvalue weighted by atomic mass is 10.1. The van der Waals surface area contributed by atoms with E-state index in [0.717, 1.165) is 0 Å². The number of allylic oxidation sites excluding steroid dienone is 2. The molecule has 2 heteroatoms. The topological polar surface area (TPSA) is 31.6 Å². The molecule has 0 amide bonds. The van der Waals surface area contributed by atoms with Crippen molar-refractivity contribution in [3.8, 4) is 0 Å². The van der Waals surface area contributed by atoms with Gasteiger partial charge in [-0.1, -0.05) is 50.8 Å². The number of aromatic amines is 2. The summed E-state index contributed by atoms with van der Waals surface area (Å²) in [6, 6.07) is 4.37. The zero-order chi connectivity index (χ0) is 14.7. The number of hydrogen-bond donors (Lipinski definition) is 2. The van der Waals surface area contributed by atoms with E-state index >= 15 is 0 Å². The smallest absolute Gasteiger partial charge is 0.0707 e. The molecule has 0 atom stereocenters. The number of fused-ring (bicyclic) bond motifs is 3. The molecule has 1 aromatic carbocycles. The molecule has 20 heavy (non-hydrogen) atoms. The van der Waals surface area contributed by atoms with Gasteiger partial charge in [0, 0.05) is 28.2 Å². The van der Waals surface area contributed by atoms with Gasteiger partial charge in [-0.05, 0) is 19.4 Å². The van der Waals surface area contributed by atoms with Crippen LogP contribution in [0.2, 0.25) is 0 Å². The largest absolute Gasteiger partial charge is 0.359 e. The molecule has 0 saturated carbocycles. The maximum atomic E-state index is 3.72. The quantitative estimate of drug-likeness (QED) is 0.575. The maximum Gasteiger partial charge on any atom is 0.0707 e. The third kappa shape index (κ3) is 2.18. The van der Waals surface area contributed by atoms with E-state index in [-0.39, 0.29) is 0 Å². The fraction of sp³-hybridized carbons (Fsp3) is 0.222. The first kappa shape index (κ1) is 14.2. The summed E-state index contributed by atoms with van der Waals surface area (Å²) in [5.74, 6) is 0. The van der Waals surface area contributed by atoms with E-state index in [0.29, 0.717) is 0 Å². The Morgan fingerprint density at radius 3 is 2.45 bits per heavy atom. The number of benzene rings is 1. The fourth-order valence-corrected chi connectivity index (χ4v) is 2.53. The van der Waals surface area contributed by atoms with Crippen LogP contribution in [-0.4, -0.2) is 9.97 Å². The average Bonchev–Trinajstić information content (AvgIpc) is 2.99. The molecule has 0 radical (unpaired) electrons. The molecular formula is C18H22N2. The van der Waals surface area contributed by atoms with Crippen LogP contribution >= 0.6 is 0 Å². The highest BCUT2D eigenvalue weighted by molar-refractivity contribution is 6.08. The van der Waals surface area contributed by atoms with Crippen molar-refractivity contribution in [2.45, 2.75) is 27.7 Å². The van der Waals surface area contributed by atoms with Gasteiger partial charge in [0.05, 0.1) is 11.0 Å². The molecule has 2 N–H and O–H groups in total. The van der Waals surface area contributed by atoms with Gasteiger partial charge >= 0.3 is 0 Å². The second kappa shape index (κ2) is 5.83. The van der Waals surface area contributed by atoms with Crippen molar-refractivity contribution >= 4 is 27.9 Å². The molecule has 2 heterocycles. The Kier molecular flexibility index (Phi) is 4.14. The van der Waals surface area contributed by atoms with Gasteiger partial charge in [0.25, 0.3) is 0 Å². The fourth-order valence-electron chi connectivity index (χ4n) is 2.53. The highest BCUT2D eigenvalue weighted by atomic mass is 14.8. The van der Waals surface area contributed by atoms with Gasteiger partial charge in [-0.3, -0.25) is 0 Å². The Morgan fingerprint density at radius 1 is 1.05 bits per heavy atom. The summed E-state index contributed by atoms with van der Waals surface area (Å²) in [4.78, 5) is 6.83. The van der Waals surface area contributed by atoms with Crippen LogP contribution in [0.3, 0.4) is 0 Å². The first-order chi connectivity index (χ1) is 9.72. The van der Waals surface area contributed by atoms with Crippen LogP contribution in [0.5, 0.6) is 0 Å². The van der Waals surface area contributed by atoms with Crippen molar-refractivity contribution in [3.05, 3.63) is 53.9 Å². The highest BCUT2D eigenvalue weighted by Gasteiger charge is 2.10. The van der Waals surface area contributed by atoms with Crippen LogP contribution in [0, 0.1) is 13.8 Å². The average molecular weight is 266 g/mol. The van der Waals surface area contributed by atoms with Crippen LogP contribution in [-0.2, 0) is 0 Å². The predicted molar refractivity (Wildman–Crippen MR) is 90.2 cm³/mol. The molecule has 0 fully saturated rings. The van der Waals surface area contributed by atoms with Gasteiger partial charge in [0.2, 0.25) is 0 Å². The molecule has 2 aromatic heterocycles. The molecule has 2 nitrogen and oxygen atoms in total. The Balaban J connectivity index is 0.000000704. The molecule has 0 aliphatic rings. The summed E-state index contributed by atoms with van der Waals surface area (Å²) >= 11 is 0. The molecule has 0 aliphatic heterocycles. The third-order valence-electron chi connectivity index (χ3n) is 3.47. The Labute approximate surface area is 120 Å². The number of rotatable bonds is 2. The maximum absolute atomic E-state index is 3.72. The van der Waals surface area contributed by atoms with E-state index in [1.807, 2.05) is 19.9 Å². The predicted octanol–water partition coefficient (Wildman–Crippen LogP) is 5.49. The van der Waals surface area contributed by atoms with Gasteiger partial charge in [-0.2, -0.15) is 0 Å². The Hall–Kier alpha value is -2.22. The molecule has 0 saturated heterocycles. The minimum Gasteiger partial charge on any atom is -0.359 e. The molecule has 3 rings (SSSR count). The number of nitrogens with one attached hydrogen (secondary N) is 2. The summed E-state index contributed by atoms with van der Waals surface area (Å²) in [5, 5.41) is 2.53. The Bertz CT molecular complexity index is 770. The first-order valence-electron chi connectivity index (χ1n) is 7.10. The monoisotopic (exact) mass is 266 g/mol. The summed E-state index contributed by atoms with van der Waals surface area (Å²) in [7, 11) is 0. The lowest BCUT2D eigenvalue weighted by molar-refractivity contribution is 1.29. The van der Waals surface area contributed by atoms with Gasteiger partial charge in [0.1, 0.15) is 0 Å². The molecule has 3 aromatic rings. The molecule has 0 bridgehead atoms. The summed E-state index contributed by atoms with van der Waals surface area (Å²) < 4.78 is 0. The standard InChI is InChI=1S/C16H16N2.C2H6/c1-4-5-6-13-11(3)18-16-14(13)8-7-12-10(2)9-17-15(12)16;1-2/h4-9,17-18H,1H2,2-3H3;1-2H3/b6-5-;. The molecule has 0 unspecified atom stereocenters. The minimum absolute atomic E-state index is 1.18. The number of aryl methyl sites for hydroxylation is 2. The zero-order valence-electron chi connectivity index (χ0n) is 12.7. The molecule has 104 valence electrons. The second-order valence-electron chi connectivity index (χ2n) is 4.64. The minimum atomic E-state index is 1.18. The SMILES string of the molecule is C=C/C=C\c1c(C)[nH]c2c1ccc1c(C)c[nH]c12.CC. The first-order valence-corrected chi connectivity index (χ1v) is 7.10. The van der Waals surface area contributed by atoms with Crippen LogP contribution in [0.1, 0.15) is 30.7 Å². The van der Waals surface area contributed by atoms with E-state index in [1.165, 1.54) is 38.6 Å². The molecular weight excluding hydrogens is 244 g/mol. The molecule has 0 aliphatic carbocycles. The van der Waals surface area contributed by atoms with Crippen LogP contribution < -0.4 is 0 Å². The second-order valence-corrected chi connectivity index (χ2v) is 4.64. The van der Waals surface area contributed by atoms with Gasteiger partial charge < -0.3 is 9.97 Å². The molecule has 0 spiro atoms. The zero-order valence-corrected chi connectivity index (χ0v) is 12.7. The summed E-state index contributed by atoms with van der Waals surface area (Å²) in [6.45, 7) is 11.9. The van der Waals surface area contributed by atoms with Crippen molar-refractivity contribution in [2.75, 3.05) is 0 Å².